The van der Waals surface area contributed by atoms with E-state index in [2.05, 4.69) is 16.5 Å². The minimum absolute atomic E-state index is 0.376. The maximum absolute atomic E-state index is 12.6. The van der Waals surface area contributed by atoms with E-state index in [1.807, 2.05) is 0 Å². The van der Waals surface area contributed by atoms with Gasteiger partial charge in [0.2, 0.25) is 0 Å². The third-order valence-electron chi connectivity index (χ3n) is 3.49. The van der Waals surface area contributed by atoms with Gasteiger partial charge in [-0.25, -0.2) is 9.36 Å². The van der Waals surface area contributed by atoms with Crippen LogP contribution in [0.1, 0.15) is 5.69 Å². The van der Waals surface area contributed by atoms with Crippen molar-refractivity contribution in [1.29, 1.82) is 0 Å². The Balaban J connectivity index is 2.29. The summed E-state index contributed by atoms with van der Waals surface area (Å²) in [7, 11) is 1.61. The van der Waals surface area contributed by atoms with E-state index in [0.29, 0.717) is 23.0 Å². The summed E-state index contributed by atoms with van der Waals surface area (Å²) >= 11 is 0. The number of hydrogen-bond acceptors (Lipinski definition) is 4. The van der Waals surface area contributed by atoms with Crippen LogP contribution in [0.15, 0.2) is 59.0 Å². The van der Waals surface area contributed by atoms with Crippen LogP contribution in [-0.4, -0.2) is 19.1 Å². The number of pyridine rings is 2. The summed E-state index contributed by atoms with van der Waals surface area (Å²) in [5.41, 5.74) is 0.971. The first-order chi connectivity index (χ1) is 10.6. The van der Waals surface area contributed by atoms with Crippen molar-refractivity contribution in [1.82, 2.24) is 19.1 Å². The normalized spacial score (nSPS) is 10.8. The Morgan fingerprint density at radius 1 is 1.23 bits per heavy atom. The molecule has 0 atom stereocenters. The quantitative estimate of drug-likeness (QED) is 0.681. The van der Waals surface area contributed by atoms with Gasteiger partial charge in [0.25, 0.3) is 5.56 Å². The Morgan fingerprint density at radius 2 is 2.05 bits per heavy atom. The van der Waals surface area contributed by atoms with Crippen LogP contribution in [0.25, 0.3) is 16.6 Å². The fourth-order valence-corrected chi connectivity index (χ4v) is 2.34. The number of fused-ring (bicyclic) bond motifs is 1. The zero-order valence-corrected chi connectivity index (χ0v) is 12.1. The fraction of sp³-hybridized carbons (Fsp3) is 0.125. The third kappa shape index (κ3) is 2.14. The molecule has 6 nitrogen and oxygen atoms in total. The number of aromatic nitrogens is 4. The van der Waals surface area contributed by atoms with Crippen molar-refractivity contribution in [2.45, 2.75) is 6.42 Å². The first-order valence-corrected chi connectivity index (χ1v) is 6.75. The van der Waals surface area contributed by atoms with Gasteiger partial charge in [-0.3, -0.25) is 19.3 Å². The Bertz CT molecular complexity index is 968. The molecule has 0 radical (unpaired) electrons. The Morgan fingerprint density at radius 3 is 2.73 bits per heavy atom. The van der Waals surface area contributed by atoms with E-state index >= 15 is 0 Å². The molecule has 0 aliphatic heterocycles. The predicted octanol–water partition coefficient (Wildman–Crippen LogP) is 1.21. The van der Waals surface area contributed by atoms with Crippen LogP contribution in [-0.2, 0) is 13.5 Å². The topological polar surface area (TPSA) is 69.8 Å². The average molecular weight is 294 g/mol. The molecule has 0 bridgehead atoms. The molecule has 3 aromatic heterocycles. The number of aryl methyl sites for hydroxylation is 1. The van der Waals surface area contributed by atoms with E-state index < -0.39 is 5.69 Å². The minimum atomic E-state index is -0.427. The molecule has 3 aromatic rings. The van der Waals surface area contributed by atoms with Crippen molar-refractivity contribution in [2.24, 2.45) is 7.05 Å². The van der Waals surface area contributed by atoms with E-state index in [4.69, 9.17) is 0 Å². The van der Waals surface area contributed by atoms with E-state index in [1.54, 1.807) is 31.3 Å². The molecule has 6 heteroatoms. The van der Waals surface area contributed by atoms with E-state index in [1.165, 1.54) is 23.2 Å². The largest absolute Gasteiger partial charge is 0.335 e. The number of rotatable bonds is 3. The molecule has 0 saturated heterocycles. The predicted molar refractivity (Wildman–Crippen MR) is 84.3 cm³/mol. The molecule has 0 fully saturated rings. The lowest BCUT2D eigenvalue weighted by molar-refractivity contribution is 0.769. The lowest BCUT2D eigenvalue weighted by Gasteiger charge is -2.10. The number of hydrogen-bond donors (Lipinski definition) is 0. The summed E-state index contributed by atoms with van der Waals surface area (Å²) in [6.07, 6.45) is 6.94. The Kier molecular flexibility index (Phi) is 3.42. The molecule has 110 valence electrons. The van der Waals surface area contributed by atoms with Gasteiger partial charge >= 0.3 is 5.69 Å². The zero-order valence-electron chi connectivity index (χ0n) is 12.1. The van der Waals surface area contributed by atoms with Crippen LogP contribution in [0, 0.1) is 0 Å². The second kappa shape index (κ2) is 5.40. The molecule has 0 spiro atoms. The summed E-state index contributed by atoms with van der Waals surface area (Å²) in [6, 6.07) is 5.09. The van der Waals surface area contributed by atoms with Gasteiger partial charge in [0.15, 0.2) is 0 Å². The molecule has 22 heavy (non-hydrogen) atoms. The van der Waals surface area contributed by atoms with Crippen molar-refractivity contribution >= 4 is 10.9 Å². The highest BCUT2D eigenvalue weighted by Gasteiger charge is 2.12. The molecule has 0 N–H and O–H groups in total. The maximum atomic E-state index is 12.6. The number of allylic oxidation sites excluding steroid dienone is 1. The van der Waals surface area contributed by atoms with Crippen molar-refractivity contribution in [2.75, 3.05) is 0 Å². The van der Waals surface area contributed by atoms with Crippen molar-refractivity contribution in [3.8, 4) is 5.69 Å². The number of nitrogens with zero attached hydrogens (tertiary/aromatic N) is 4. The van der Waals surface area contributed by atoms with E-state index in [0.717, 1.165) is 10.3 Å². The molecule has 0 aliphatic rings. The van der Waals surface area contributed by atoms with Gasteiger partial charge < -0.3 is 0 Å². The smallest absolute Gasteiger partial charge is 0.294 e. The second-order valence-corrected chi connectivity index (χ2v) is 4.88. The standard InChI is InChI=1S/C16H14N4O2/c1-3-4-11-5-6-12(9-18-11)20-15(21)13-7-8-17-10-14(13)19(2)16(20)22/h3,5-10H,1,4H2,2H3. The summed E-state index contributed by atoms with van der Waals surface area (Å²) in [6.45, 7) is 3.66. The molecule has 0 unspecified atom stereocenters. The molecule has 0 amide bonds. The lowest BCUT2D eigenvalue weighted by atomic mass is 10.2. The maximum Gasteiger partial charge on any atom is 0.335 e. The molecule has 3 heterocycles. The Labute approximate surface area is 126 Å². The summed E-state index contributed by atoms with van der Waals surface area (Å²) < 4.78 is 2.52. The monoisotopic (exact) mass is 294 g/mol. The van der Waals surface area contributed by atoms with Gasteiger partial charge in [0.05, 0.1) is 29.0 Å². The van der Waals surface area contributed by atoms with Crippen LogP contribution in [0.2, 0.25) is 0 Å². The third-order valence-corrected chi connectivity index (χ3v) is 3.49. The summed E-state index contributed by atoms with van der Waals surface area (Å²) in [5.74, 6) is 0. The average Bonchev–Trinajstić information content (AvgIpc) is 2.55. The van der Waals surface area contributed by atoms with E-state index in [9.17, 15) is 9.59 Å². The van der Waals surface area contributed by atoms with Gasteiger partial charge in [-0.05, 0) is 18.2 Å². The van der Waals surface area contributed by atoms with E-state index in [-0.39, 0.29) is 5.56 Å². The first kappa shape index (κ1) is 13.9. The highest BCUT2D eigenvalue weighted by atomic mass is 16.2. The highest BCUT2D eigenvalue weighted by molar-refractivity contribution is 5.76. The SMILES string of the molecule is C=CCc1ccc(-n2c(=O)c3ccncc3n(C)c2=O)cn1. The van der Waals surface area contributed by atoms with Gasteiger partial charge in [-0.1, -0.05) is 6.08 Å². The molecular weight excluding hydrogens is 280 g/mol. The van der Waals surface area contributed by atoms with Crippen LogP contribution in [0.5, 0.6) is 0 Å². The van der Waals surface area contributed by atoms with Gasteiger partial charge in [-0.2, -0.15) is 0 Å². The molecule has 0 saturated carbocycles. The van der Waals surface area contributed by atoms with Crippen LogP contribution >= 0.6 is 0 Å². The van der Waals surface area contributed by atoms with Crippen molar-refractivity contribution < 1.29 is 0 Å². The van der Waals surface area contributed by atoms with Gasteiger partial charge in [0.1, 0.15) is 0 Å². The highest BCUT2D eigenvalue weighted by Crippen LogP contribution is 2.08. The lowest BCUT2D eigenvalue weighted by Crippen LogP contribution is -2.38. The van der Waals surface area contributed by atoms with Crippen LogP contribution in [0.3, 0.4) is 0 Å². The first-order valence-electron chi connectivity index (χ1n) is 6.75. The van der Waals surface area contributed by atoms with Gasteiger partial charge in [-0.15, -0.1) is 6.58 Å². The fourth-order valence-electron chi connectivity index (χ4n) is 2.34. The second-order valence-electron chi connectivity index (χ2n) is 4.88. The molecule has 0 aliphatic carbocycles. The van der Waals surface area contributed by atoms with Gasteiger partial charge in [0, 0.05) is 25.4 Å². The molecule has 3 rings (SSSR count). The van der Waals surface area contributed by atoms with Crippen molar-refractivity contribution in [3.05, 3.63) is 76.0 Å². The molecular formula is C16H14N4O2. The van der Waals surface area contributed by atoms with Crippen molar-refractivity contribution in [3.63, 3.8) is 0 Å². The Hall–Kier alpha value is -3.02. The zero-order chi connectivity index (χ0) is 15.7. The molecule has 0 aromatic carbocycles. The van der Waals surface area contributed by atoms with Crippen LogP contribution in [0.4, 0.5) is 0 Å². The van der Waals surface area contributed by atoms with Crippen LogP contribution < -0.4 is 11.2 Å². The minimum Gasteiger partial charge on any atom is -0.294 e. The summed E-state index contributed by atoms with van der Waals surface area (Å²) in [5, 5.41) is 0.437. The summed E-state index contributed by atoms with van der Waals surface area (Å²) in [4.78, 5) is 33.3.